The summed E-state index contributed by atoms with van der Waals surface area (Å²) in [5.74, 6) is -0.828. The van der Waals surface area contributed by atoms with E-state index in [0.717, 1.165) is 25.8 Å². The molecule has 2 atom stereocenters. The molecule has 0 radical (unpaired) electrons. The fraction of sp³-hybridized carbons (Fsp3) is 0.643. The van der Waals surface area contributed by atoms with Crippen molar-refractivity contribution in [2.75, 3.05) is 13.1 Å². The number of aliphatic carboxylic acids is 1. The van der Waals surface area contributed by atoms with Gasteiger partial charge in [0.15, 0.2) is 0 Å². The molecule has 0 bridgehead atoms. The molecule has 2 heterocycles. The van der Waals surface area contributed by atoms with Crippen LogP contribution >= 0.6 is 11.3 Å². The molecule has 0 aromatic carbocycles. The van der Waals surface area contributed by atoms with E-state index < -0.39 is 5.97 Å². The molecule has 2 unspecified atom stereocenters. The monoisotopic (exact) mass is 267 g/mol. The summed E-state index contributed by atoms with van der Waals surface area (Å²) in [6.45, 7) is 6.06. The summed E-state index contributed by atoms with van der Waals surface area (Å²) in [5.41, 5.74) is 1.34. The lowest BCUT2D eigenvalue weighted by Crippen LogP contribution is -2.40. The van der Waals surface area contributed by atoms with Crippen LogP contribution in [-0.2, 0) is 4.79 Å². The second-order valence-electron chi connectivity index (χ2n) is 5.06. The van der Waals surface area contributed by atoms with Crippen molar-refractivity contribution in [2.24, 2.45) is 5.92 Å². The van der Waals surface area contributed by atoms with Crippen LogP contribution in [-0.4, -0.2) is 29.1 Å². The molecule has 2 rings (SSSR count). The van der Waals surface area contributed by atoms with E-state index in [4.69, 9.17) is 0 Å². The number of piperidine rings is 1. The van der Waals surface area contributed by atoms with Gasteiger partial charge in [-0.2, -0.15) is 0 Å². The minimum Gasteiger partial charge on any atom is -0.481 e. The van der Waals surface area contributed by atoms with Gasteiger partial charge >= 0.3 is 5.97 Å². The smallest absolute Gasteiger partial charge is 0.307 e. The standard InChI is InChI=1S/C14H21NO2S/c1-3-12(13-10(2)6-8-18-13)15-7-4-5-11(9-15)14(16)17/h6,8,11-12H,3-5,7,9H2,1-2H3,(H,16,17). The van der Waals surface area contributed by atoms with E-state index in [0.29, 0.717) is 12.6 Å². The molecule has 4 heteroatoms. The predicted octanol–water partition coefficient (Wildman–Crippen LogP) is 3.30. The molecule has 0 aliphatic carbocycles. The van der Waals surface area contributed by atoms with Crippen LogP contribution in [0.15, 0.2) is 11.4 Å². The number of aryl methyl sites for hydroxylation is 1. The Labute approximate surface area is 112 Å². The Balaban J connectivity index is 2.13. The van der Waals surface area contributed by atoms with Crippen LogP contribution in [0.2, 0.25) is 0 Å². The van der Waals surface area contributed by atoms with Crippen LogP contribution in [0.1, 0.15) is 42.7 Å². The Morgan fingerprint density at radius 2 is 2.44 bits per heavy atom. The van der Waals surface area contributed by atoms with Crippen molar-refractivity contribution >= 4 is 17.3 Å². The molecule has 0 saturated carbocycles. The fourth-order valence-electron chi connectivity index (χ4n) is 2.83. The molecule has 100 valence electrons. The van der Waals surface area contributed by atoms with Gasteiger partial charge in [0, 0.05) is 17.5 Å². The van der Waals surface area contributed by atoms with Crippen molar-refractivity contribution < 1.29 is 9.90 Å². The highest BCUT2D eigenvalue weighted by Crippen LogP contribution is 2.34. The second-order valence-corrected chi connectivity index (χ2v) is 6.01. The summed E-state index contributed by atoms with van der Waals surface area (Å²) in [6, 6.07) is 2.55. The van der Waals surface area contributed by atoms with E-state index in [2.05, 4.69) is 30.2 Å². The first-order valence-electron chi connectivity index (χ1n) is 6.64. The molecular weight excluding hydrogens is 246 g/mol. The Bertz CT molecular complexity index is 416. The SMILES string of the molecule is CCC(c1sccc1C)N1CCCC(C(=O)O)C1. The maximum atomic E-state index is 11.1. The molecule has 1 saturated heterocycles. The first kappa shape index (κ1) is 13.6. The molecule has 18 heavy (non-hydrogen) atoms. The first-order valence-corrected chi connectivity index (χ1v) is 7.52. The van der Waals surface area contributed by atoms with Crippen LogP contribution in [0.4, 0.5) is 0 Å². The maximum absolute atomic E-state index is 11.1. The summed E-state index contributed by atoms with van der Waals surface area (Å²) in [4.78, 5) is 14.9. The topological polar surface area (TPSA) is 40.5 Å². The van der Waals surface area contributed by atoms with Crippen LogP contribution in [0.3, 0.4) is 0 Å². The number of carboxylic acid groups (broad SMARTS) is 1. The molecule has 1 N–H and O–H groups in total. The van der Waals surface area contributed by atoms with Crippen LogP contribution in [0.5, 0.6) is 0 Å². The lowest BCUT2D eigenvalue weighted by Gasteiger charge is -2.36. The average Bonchev–Trinajstić information content (AvgIpc) is 2.77. The zero-order valence-electron chi connectivity index (χ0n) is 11.1. The quantitative estimate of drug-likeness (QED) is 0.910. The molecule has 3 nitrogen and oxygen atoms in total. The predicted molar refractivity (Wildman–Crippen MR) is 74.0 cm³/mol. The van der Waals surface area contributed by atoms with Crippen molar-refractivity contribution in [3.63, 3.8) is 0 Å². The van der Waals surface area contributed by atoms with Gasteiger partial charge in [-0.3, -0.25) is 9.69 Å². The van der Waals surface area contributed by atoms with Gasteiger partial charge in [0.1, 0.15) is 0 Å². The first-order chi connectivity index (χ1) is 8.63. The van der Waals surface area contributed by atoms with E-state index in [9.17, 15) is 9.90 Å². The maximum Gasteiger partial charge on any atom is 0.307 e. The van der Waals surface area contributed by atoms with E-state index in [1.54, 1.807) is 11.3 Å². The Kier molecular flexibility index (Phi) is 4.40. The third-order valence-electron chi connectivity index (χ3n) is 3.83. The molecule has 1 aromatic heterocycles. The number of carboxylic acids is 1. The van der Waals surface area contributed by atoms with E-state index in [1.165, 1.54) is 10.4 Å². The van der Waals surface area contributed by atoms with Crippen molar-refractivity contribution in [2.45, 2.75) is 39.2 Å². The van der Waals surface area contributed by atoms with E-state index >= 15 is 0 Å². The highest BCUT2D eigenvalue weighted by atomic mass is 32.1. The second kappa shape index (κ2) is 5.85. The van der Waals surface area contributed by atoms with Gasteiger partial charge in [0.2, 0.25) is 0 Å². The van der Waals surface area contributed by atoms with Crippen molar-refractivity contribution in [1.82, 2.24) is 4.90 Å². The molecule has 0 amide bonds. The van der Waals surface area contributed by atoms with Crippen LogP contribution < -0.4 is 0 Å². The number of nitrogens with zero attached hydrogens (tertiary/aromatic N) is 1. The van der Waals surface area contributed by atoms with Gasteiger partial charge in [-0.25, -0.2) is 0 Å². The molecule has 1 aliphatic rings. The fourth-order valence-corrected chi connectivity index (χ4v) is 3.97. The van der Waals surface area contributed by atoms with Gasteiger partial charge in [-0.1, -0.05) is 6.92 Å². The van der Waals surface area contributed by atoms with E-state index in [-0.39, 0.29) is 5.92 Å². The molecule has 1 fully saturated rings. The lowest BCUT2D eigenvalue weighted by atomic mass is 9.95. The van der Waals surface area contributed by atoms with Gasteiger partial charge < -0.3 is 5.11 Å². The normalized spacial score (nSPS) is 22.9. The largest absolute Gasteiger partial charge is 0.481 e. The molecule has 0 spiro atoms. The minimum atomic E-state index is -0.641. The lowest BCUT2D eigenvalue weighted by molar-refractivity contribution is -0.144. The molecule has 1 aromatic rings. The van der Waals surface area contributed by atoms with Gasteiger partial charge in [0.05, 0.1) is 5.92 Å². The molecule has 1 aliphatic heterocycles. The molecular formula is C14H21NO2S. The van der Waals surface area contributed by atoms with Gasteiger partial charge in [-0.15, -0.1) is 11.3 Å². The number of hydrogen-bond acceptors (Lipinski definition) is 3. The Morgan fingerprint density at radius 3 is 3.00 bits per heavy atom. The van der Waals surface area contributed by atoms with Crippen LogP contribution in [0, 0.1) is 12.8 Å². The summed E-state index contributed by atoms with van der Waals surface area (Å²) < 4.78 is 0. The van der Waals surface area contributed by atoms with Crippen LogP contribution in [0.25, 0.3) is 0 Å². The van der Waals surface area contributed by atoms with Gasteiger partial charge in [-0.05, 0) is 49.7 Å². The third kappa shape index (κ3) is 2.75. The Morgan fingerprint density at radius 1 is 1.67 bits per heavy atom. The number of likely N-dealkylation sites (tertiary alicyclic amines) is 1. The van der Waals surface area contributed by atoms with E-state index in [1.807, 2.05) is 0 Å². The summed E-state index contributed by atoms with van der Waals surface area (Å²) in [7, 11) is 0. The summed E-state index contributed by atoms with van der Waals surface area (Å²) >= 11 is 1.80. The third-order valence-corrected chi connectivity index (χ3v) is 4.95. The highest BCUT2D eigenvalue weighted by Gasteiger charge is 2.30. The minimum absolute atomic E-state index is 0.187. The summed E-state index contributed by atoms with van der Waals surface area (Å²) in [6.07, 6.45) is 2.87. The van der Waals surface area contributed by atoms with Crippen molar-refractivity contribution in [3.8, 4) is 0 Å². The highest BCUT2D eigenvalue weighted by molar-refractivity contribution is 7.10. The number of rotatable bonds is 4. The zero-order valence-corrected chi connectivity index (χ0v) is 11.9. The number of hydrogen-bond donors (Lipinski definition) is 1. The number of carbonyl (C=O) groups is 1. The summed E-state index contributed by atoms with van der Waals surface area (Å²) in [5, 5.41) is 11.3. The van der Waals surface area contributed by atoms with Crippen molar-refractivity contribution in [3.05, 3.63) is 21.9 Å². The number of thiophene rings is 1. The average molecular weight is 267 g/mol. The zero-order chi connectivity index (χ0) is 13.1. The Hall–Kier alpha value is -0.870. The van der Waals surface area contributed by atoms with Crippen molar-refractivity contribution in [1.29, 1.82) is 0 Å². The van der Waals surface area contributed by atoms with Gasteiger partial charge in [0.25, 0.3) is 0 Å².